The van der Waals surface area contributed by atoms with Gasteiger partial charge < -0.3 is 14.7 Å². The molecule has 3 aromatic carbocycles. The number of hydrogen-bond acceptors (Lipinski definition) is 3. The Balaban J connectivity index is 1.35. The second kappa shape index (κ2) is 11.0. The molecule has 0 aliphatic carbocycles. The van der Waals surface area contributed by atoms with E-state index in [4.69, 9.17) is 16.3 Å². The van der Waals surface area contributed by atoms with Crippen LogP contribution in [0.15, 0.2) is 72.8 Å². The van der Waals surface area contributed by atoms with Gasteiger partial charge in [0.2, 0.25) is 5.91 Å². The van der Waals surface area contributed by atoms with E-state index in [2.05, 4.69) is 13.0 Å². The molecule has 5 nitrogen and oxygen atoms in total. The van der Waals surface area contributed by atoms with Crippen LogP contribution in [0.3, 0.4) is 0 Å². The van der Waals surface area contributed by atoms with Crippen LogP contribution in [0, 0.1) is 0 Å². The molecule has 1 amide bonds. The van der Waals surface area contributed by atoms with Crippen molar-refractivity contribution in [1.82, 2.24) is 4.90 Å². The van der Waals surface area contributed by atoms with E-state index in [9.17, 15) is 14.7 Å². The molecule has 35 heavy (non-hydrogen) atoms. The number of aryl methyl sites for hydroxylation is 1. The molecule has 1 heterocycles. The van der Waals surface area contributed by atoms with E-state index in [1.807, 2.05) is 66.7 Å². The number of rotatable bonds is 10. The Morgan fingerprint density at radius 1 is 0.971 bits per heavy atom. The minimum atomic E-state index is -0.999. The summed E-state index contributed by atoms with van der Waals surface area (Å²) in [4.78, 5) is 25.6. The Morgan fingerprint density at radius 2 is 1.69 bits per heavy atom. The highest BCUT2D eigenvalue weighted by Gasteiger charge is 2.35. The summed E-state index contributed by atoms with van der Waals surface area (Å²) in [5, 5.41) is 9.99. The zero-order chi connectivity index (χ0) is 24.8. The van der Waals surface area contributed by atoms with Crippen molar-refractivity contribution in [2.24, 2.45) is 0 Å². The van der Waals surface area contributed by atoms with Gasteiger partial charge in [-0.25, -0.2) is 0 Å². The van der Waals surface area contributed by atoms with Crippen LogP contribution in [0.5, 0.6) is 5.75 Å². The number of carbonyl (C=O) groups is 2. The number of fused-ring (bicyclic) bond motifs is 1. The van der Waals surface area contributed by atoms with Crippen molar-refractivity contribution < 1.29 is 19.4 Å². The first-order valence-electron chi connectivity index (χ1n) is 11.9. The van der Waals surface area contributed by atoms with Crippen LogP contribution in [0.2, 0.25) is 5.02 Å². The molecule has 0 fully saturated rings. The monoisotopic (exact) mass is 491 g/mol. The van der Waals surface area contributed by atoms with Crippen molar-refractivity contribution in [1.29, 1.82) is 0 Å². The van der Waals surface area contributed by atoms with Crippen LogP contribution in [0.1, 0.15) is 35.6 Å². The lowest BCUT2D eigenvalue weighted by Gasteiger charge is -2.24. The number of aliphatic carboxylic acids is 1. The first kappa shape index (κ1) is 24.8. The molecule has 0 bridgehead atoms. The fraction of sp³-hybridized carbons (Fsp3) is 0.310. The van der Waals surface area contributed by atoms with Gasteiger partial charge in [-0.15, -0.1) is 0 Å². The molecule has 0 saturated heterocycles. The van der Waals surface area contributed by atoms with E-state index < -0.39 is 5.97 Å². The van der Waals surface area contributed by atoms with E-state index in [1.54, 1.807) is 0 Å². The lowest BCUT2D eigenvalue weighted by atomic mass is 9.91. The molecule has 0 saturated carbocycles. The van der Waals surface area contributed by atoms with Crippen molar-refractivity contribution >= 4 is 23.5 Å². The molecule has 0 aromatic heterocycles. The maximum absolute atomic E-state index is 12.9. The molecular weight excluding hydrogens is 462 g/mol. The predicted octanol–water partition coefficient (Wildman–Crippen LogP) is 5.36. The van der Waals surface area contributed by atoms with Gasteiger partial charge in [-0.1, -0.05) is 66.2 Å². The SMILES string of the molecule is C[C@]1(Cc2ccc(Cl)cc2)Cc2cc(CCC(=O)N(CCc3ccccc3)CC(=O)O)ccc2O1. The summed E-state index contributed by atoms with van der Waals surface area (Å²) in [7, 11) is 0. The van der Waals surface area contributed by atoms with Crippen LogP contribution in [0.4, 0.5) is 0 Å². The van der Waals surface area contributed by atoms with Crippen LogP contribution < -0.4 is 4.74 Å². The Hall–Kier alpha value is -3.31. The largest absolute Gasteiger partial charge is 0.487 e. The topological polar surface area (TPSA) is 66.8 Å². The number of carbonyl (C=O) groups excluding carboxylic acids is 1. The van der Waals surface area contributed by atoms with E-state index >= 15 is 0 Å². The number of nitrogens with zero attached hydrogens (tertiary/aromatic N) is 1. The summed E-state index contributed by atoms with van der Waals surface area (Å²) in [5.74, 6) is -0.263. The lowest BCUT2D eigenvalue weighted by Crippen LogP contribution is -2.37. The molecule has 1 aliphatic heterocycles. The molecule has 0 unspecified atom stereocenters. The smallest absolute Gasteiger partial charge is 0.323 e. The molecule has 182 valence electrons. The van der Waals surface area contributed by atoms with Gasteiger partial charge in [0.25, 0.3) is 0 Å². The van der Waals surface area contributed by atoms with Crippen LogP contribution in [-0.2, 0) is 35.3 Å². The van der Waals surface area contributed by atoms with E-state index in [1.165, 1.54) is 10.5 Å². The highest BCUT2D eigenvalue weighted by Crippen LogP contribution is 2.37. The van der Waals surface area contributed by atoms with Gasteiger partial charge in [0.15, 0.2) is 0 Å². The Kier molecular flexibility index (Phi) is 7.76. The van der Waals surface area contributed by atoms with Crippen molar-refractivity contribution in [3.05, 3.63) is 100 Å². The first-order chi connectivity index (χ1) is 16.8. The van der Waals surface area contributed by atoms with Gasteiger partial charge in [0, 0.05) is 30.8 Å². The van der Waals surface area contributed by atoms with Gasteiger partial charge >= 0.3 is 5.97 Å². The molecule has 6 heteroatoms. The third kappa shape index (κ3) is 6.86. The summed E-state index contributed by atoms with van der Waals surface area (Å²) in [6.45, 7) is 2.21. The maximum Gasteiger partial charge on any atom is 0.323 e. The molecule has 1 N–H and O–H groups in total. The number of carboxylic acid groups (broad SMARTS) is 1. The third-order valence-corrected chi connectivity index (χ3v) is 6.61. The summed E-state index contributed by atoms with van der Waals surface area (Å²) in [6.07, 6.45) is 3.01. The summed E-state index contributed by atoms with van der Waals surface area (Å²) >= 11 is 6.01. The van der Waals surface area contributed by atoms with Gasteiger partial charge in [-0.05, 0) is 60.2 Å². The van der Waals surface area contributed by atoms with Crippen molar-refractivity contribution in [3.8, 4) is 5.75 Å². The Bertz CT molecular complexity index is 1180. The Morgan fingerprint density at radius 3 is 2.40 bits per heavy atom. The average Bonchev–Trinajstić information content (AvgIpc) is 3.17. The van der Waals surface area contributed by atoms with Gasteiger partial charge in [0.1, 0.15) is 17.9 Å². The number of amides is 1. The molecule has 0 radical (unpaired) electrons. The van der Waals surface area contributed by atoms with Crippen LogP contribution in [-0.4, -0.2) is 40.6 Å². The zero-order valence-electron chi connectivity index (χ0n) is 19.9. The van der Waals surface area contributed by atoms with Crippen molar-refractivity contribution in [2.75, 3.05) is 13.1 Å². The highest BCUT2D eigenvalue weighted by molar-refractivity contribution is 6.30. The molecule has 0 spiro atoms. The number of ether oxygens (including phenoxy) is 1. The van der Waals surface area contributed by atoms with E-state index in [0.717, 1.165) is 40.3 Å². The summed E-state index contributed by atoms with van der Waals surface area (Å²) < 4.78 is 6.29. The second-order valence-corrected chi connectivity index (χ2v) is 9.86. The average molecular weight is 492 g/mol. The standard InChI is InChI=1S/C29H30ClNO4/c1-29(18-23-7-11-25(30)12-8-23)19-24-17-22(9-13-26(24)35-29)10-14-27(32)31(20-28(33)34)16-15-21-5-3-2-4-6-21/h2-9,11-13,17H,10,14-16,18-20H2,1H3,(H,33,34)/t29-/m0/s1. The highest BCUT2D eigenvalue weighted by atomic mass is 35.5. The minimum Gasteiger partial charge on any atom is -0.487 e. The molecule has 1 atom stereocenters. The Labute approximate surface area is 211 Å². The lowest BCUT2D eigenvalue weighted by molar-refractivity contribution is -0.144. The molecule has 3 aromatic rings. The fourth-order valence-corrected chi connectivity index (χ4v) is 4.76. The number of hydrogen-bond donors (Lipinski definition) is 1. The van der Waals surface area contributed by atoms with E-state index in [0.29, 0.717) is 19.4 Å². The number of benzene rings is 3. The molecular formula is C29H30ClNO4. The molecule has 4 rings (SSSR count). The predicted molar refractivity (Wildman–Crippen MR) is 137 cm³/mol. The fourth-order valence-electron chi connectivity index (χ4n) is 4.64. The van der Waals surface area contributed by atoms with Crippen molar-refractivity contribution in [2.45, 2.75) is 44.6 Å². The van der Waals surface area contributed by atoms with Crippen LogP contribution >= 0.6 is 11.6 Å². The summed E-state index contributed by atoms with van der Waals surface area (Å²) in [6, 6.07) is 23.7. The van der Waals surface area contributed by atoms with Gasteiger partial charge in [-0.3, -0.25) is 9.59 Å². The van der Waals surface area contributed by atoms with E-state index in [-0.39, 0.29) is 24.5 Å². The quantitative estimate of drug-likeness (QED) is 0.414. The third-order valence-electron chi connectivity index (χ3n) is 6.36. The number of carboxylic acids is 1. The molecule has 1 aliphatic rings. The summed E-state index contributed by atoms with van der Waals surface area (Å²) in [5.41, 5.74) is 4.11. The normalized spacial score (nSPS) is 16.4. The second-order valence-electron chi connectivity index (χ2n) is 9.42. The maximum atomic E-state index is 12.9. The zero-order valence-corrected chi connectivity index (χ0v) is 20.6. The van der Waals surface area contributed by atoms with Gasteiger partial charge in [-0.2, -0.15) is 0 Å². The van der Waals surface area contributed by atoms with Crippen molar-refractivity contribution in [3.63, 3.8) is 0 Å². The first-order valence-corrected chi connectivity index (χ1v) is 12.3. The number of halogens is 1. The van der Waals surface area contributed by atoms with Gasteiger partial charge in [0.05, 0.1) is 0 Å². The van der Waals surface area contributed by atoms with Crippen LogP contribution in [0.25, 0.3) is 0 Å². The minimum absolute atomic E-state index is 0.146.